The third-order valence-corrected chi connectivity index (χ3v) is 4.08. The number of ether oxygens (including phenoxy) is 1. The van der Waals surface area contributed by atoms with E-state index in [9.17, 15) is 0 Å². The molecule has 0 amide bonds. The summed E-state index contributed by atoms with van der Waals surface area (Å²) in [4.78, 5) is 7.94. The molecular weight excluding hydrogens is 298 g/mol. The number of aromatic amines is 1. The van der Waals surface area contributed by atoms with Crippen molar-refractivity contribution in [3.8, 4) is 28.3 Å². The van der Waals surface area contributed by atoms with Crippen molar-refractivity contribution < 1.29 is 4.74 Å². The molecule has 0 aliphatic rings. The number of para-hydroxylation sites is 1. The Morgan fingerprint density at radius 3 is 2.46 bits per heavy atom. The zero-order valence-corrected chi connectivity index (χ0v) is 13.3. The van der Waals surface area contributed by atoms with Gasteiger partial charge >= 0.3 is 0 Å². The van der Waals surface area contributed by atoms with Gasteiger partial charge in [0.05, 0.1) is 18.1 Å². The predicted molar refractivity (Wildman–Crippen MR) is 97.9 cm³/mol. The molecule has 0 aliphatic carbocycles. The molecule has 4 nitrogen and oxygen atoms in total. The number of hydrogen-bond donors (Lipinski definition) is 2. The first-order valence-corrected chi connectivity index (χ1v) is 7.74. The maximum absolute atomic E-state index is 5.82. The van der Waals surface area contributed by atoms with Crippen LogP contribution in [-0.2, 0) is 0 Å². The monoisotopic (exact) mass is 315 g/mol. The number of rotatable bonds is 3. The molecule has 1 heterocycles. The highest BCUT2D eigenvalue weighted by Crippen LogP contribution is 2.31. The molecule has 4 aromatic rings. The number of fused-ring (bicyclic) bond motifs is 1. The van der Waals surface area contributed by atoms with Gasteiger partial charge in [-0.2, -0.15) is 0 Å². The van der Waals surface area contributed by atoms with Crippen LogP contribution in [-0.4, -0.2) is 17.1 Å². The Balaban J connectivity index is 1.72. The molecule has 3 N–H and O–H groups in total. The van der Waals surface area contributed by atoms with E-state index >= 15 is 0 Å². The Morgan fingerprint density at radius 2 is 1.67 bits per heavy atom. The molecule has 0 saturated heterocycles. The van der Waals surface area contributed by atoms with E-state index in [0.717, 1.165) is 45.0 Å². The second kappa shape index (κ2) is 5.74. The van der Waals surface area contributed by atoms with Gasteiger partial charge in [-0.25, -0.2) is 4.98 Å². The van der Waals surface area contributed by atoms with Crippen LogP contribution in [0.2, 0.25) is 0 Å². The quantitative estimate of drug-likeness (QED) is 0.548. The smallest absolute Gasteiger partial charge is 0.138 e. The molecule has 24 heavy (non-hydrogen) atoms. The van der Waals surface area contributed by atoms with Gasteiger partial charge in [-0.15, -0.1) is 0 Å². The van der Waals surface area contributed by atoms with Gasteiger partial charge in [-0.05, 0) is 29.8 Å². The SMILES string of the molecule is COc1ccccc1-c1ccc(-c2nc3ccc(N)cc3[nH]2)cc1. The second-order valence-corrected chi connectivity index (χ2v) is 5.64. The summed E-state index contributed by atoms with van der Waals surface area (Å²) in [6, 6.07) is 22.0. The summed E-state index contributed by atoms with van der Waals surface area (Å²) < 4.78 is 5.44. The maximum atomic E-state index is 5.82. The number of nitrogens with two attached hydrogens (primary N) is 1. The van der Waals surface area contributed by atoms with Gasteiger partial charge < -0.3 is 15.5 Å². The lowest BCUT2D eigenvalue weighted by molar-refractivity contribution is 0.416. The highest BCUT2D eigenvalue weighted by Gasteiger charge is 2.08. The van der Waals surface area contributed by atoms with E-state index in [0.29, 0.717) is 0 Å². The Labute approximate surface area is 139 Å². The molecule has 4 rings (SSSR count). The van der Waals surface area contributed by atoms with E-state index < -0.39 is 0 Å². The average molecular weight is 315 g/mol. The lowest BCUT2D eigenvalue weighted by Crippen LogP contribution is -1.87. The molecule has 0 radical (unpaired) electrons. The van der Waals surface area contributed by atoms with Gasteiger partial charge in [0, 0.05) is 16.8 Å². The number of anilines is 1. The molecule has 0 atom stereocenters. The van der Waals surface area contributed by atoms with Crippen molar-refractivity contribution in [2.75, 3.05) is 12.8 Å². The van der Waals surface area contributed by atoms with E-state index in [1.807, 2.05) is 36.4 Å². The van der Waals surface area contributed by atoms with Crippen molar-refractivity contribution in [3.05, 3.63) is 66.7 Å². The number of benzene rings is 3. The largest absolute Gasteiger partial charge is 0.496 e. The zero-order valence-electron chi connectivity index (χ0n) is 13.3. The summed E-state index contributed by atoms with van der Waals surface area (Å²) in [7, 11) is 1.69. The van der Waals surface area contributed by atoms with Gasteiger partial charge in [-0.3, -0.25) is 0 Å². The van der Waals surface area contributed by atoms with Crippen molar-refractivity contribution in [2.24, 2.45) is 0 Å². The fourth-order valence-corrected chi connectivity index (χ4v) is 2.85. The molecule has 0 fully saturated rings. The molecule has 0 saturated carbocycles. The van der Waals surface area contributed by atoms with E-state index in [4.69, 9.17) is 10.5 Å². The number of hydrogen-bond acceptors (Lipinski definition) is 3. The standard InChI is InChI=1S/C20H17N3O/c1-24-19-5-3-2-4-16(19)13-6-8-14(9-7-13)20-22-17-11-10-15(21)12-18(17)23-20/h2-12H,21H2,1H3,(H,22,23). The van der Waals surface area contributed by atoms with Crippen LogP contribution in [0.25, 0.3) is 33.5 Å². The van der Waals surface area contributed by atoms with Crippen LogP contribution >= 0.6 is 0 Å². The normalized spacial score (nSPS) is 10.9. The minimum atomic E-state index is 0.726. The summed E-state index contributed by atoms with van der Waals surface area (Å²) in [6.45, 7) is 0. The first-order chi connectivity index (χ1) is 11.7. The molecule has 0 spiro atoms. The predicted octanol–water partition coefficient (Wildman–Crippen LogP) is 4.49. The first kappa shape index (κ1) is 14.3. The van der Waals surface area contributed by atoms with Crippen LogP contribution in [0.4, 0.5) is 5.69 Å². The first-order valence-electron chi connectivity index (χ1n) is 7.74. The third-order valence-electron chi connectivity index (χ3n) is 4.08. The lowest BCUT2D eigenvalue weighted by atomic mass is 10.0. The van der Waals surface area contributed by atoms with Gasteiger partial charge in [0.2, 0.25) is 0 Å². The number of aromatic nitrogens is 2. The number of nitrogen functional groups attached to an aromatic ring is 1. The van der Waals surface area contributed by atoms with Crippen LogP contribution in [0.3, 0.4) is 0 Å². The van der Waals surface area contributed by atoms with Gasteiger partial charge in [0.1, 0.15) is 11.6 Å². The van der Waals surface area contributed by atoms with Gasteiger partial charge in [0.25, 0.3) is 0 Å². The van der Waals surface area contributed by atoms with E-state index in [1.54, 1.807) is 7.11 Å². The second-order valence-electron chi connectivity index (χ2n) is 5.64. The summed E-state index contributed by atoms with van der Waals surface area (Å²) in [5.74, 6) is 1.70. The average Bonchev–Trinajstić information content (AvgIpc) is 3.05. The number of nitrogens with one attached hydrogen (secondary N) is 1. The topological polar surface area (TPSA) is 63.9 Å². The number of nitrogens with zero attached hydrogens (tertiary/aromatic N) is 1. The summed E-state index contributed by atoms with van der Waals surface area (Å²) in [6.07, 6.45) is 0. The lowest BCUT2D eigenvalue weighted by Gasteiger charge is -2.08. The fourth-order valence-electron chi connectivity index (χ4n) is 2.85. The van der Waals surface area contributed by atoms with Crippen LogP contribution in [0.15, 0.2) is 66.7 Å². The Kier molecular flexibility index (Phi) is 3.43. The fraction of sp³-hybridized carbons (Fsp3) is 0.0500. The van der Waals surface area contributed by atoms with Crippen LogP contribution in [0.1, 0.15) is 0 Å². The molecule has 0 bridgehead atoms. The highest BCUT2D eigenvalue weighted by atomic mass is 16.5. The molecular formula is C20H17N3O. The Morgan fingerprint density at radius 1 is 0.917 bits per heavy atom. The number of methoxy groups -OCH3 is 1. The molecule has 1 aromatic heterocycles. The molecule has 0 aliphatic heterocycles. The van der Waals surface area contributed by atoms with Crippen molar-refractivity contribution >= 4 is 16.7 Å². The highest BCUT2D eigenvalue weighted by molar-refractivity contribution is 5.82. The number of H-pyrrole nitrogens is 1. The van der Waals surface area contributed by atoms with Crippen LogP contribution < -0.4 is 10.5 Å². The molecule has 0 unspecified atom stereocenters. The Hall–Kier alpha value is -3.27. The van der Waals surface area contributed by atoms with Crippen molar-refractivity contribution in [3.63, 3.8) is 0 Å². The zero-order chi connectivity index (χ0) is 16.5. The van der Waals surface area contributed by atoms with Gasteiger partial charge in [-0.1, -0.05) is 42.5 Å². The van der Waals surface area contributed by atoms with Crippen LogP contribution in [0, 0.1) is 0 Å². The van der Waals surface area contributed by atoms with Crippen molar-refractivity contribution in [1.29, 1.82) is 0 Å². The number of imidazole rings is 1. The summed E-state index contributed by atoms with van der Waals surface area (Å²) in [5, 5.41) is 0. The van der Waals surface area contributed by atoms with E-state index in [1.165, 1.54) is 0 Å². The van der Waals surface area contributed by atoms with Crippen LogP contribution in [0.5, 0.6) is 5.75 Å². The Bertz CT molecular complexity index is 1000. The maximum Gasteiger partial charge on any atom is 0.138 e. The van der Waals surface area contributed by atoms with Crippen molar-refractivity contribution in [1.82, 2.24) is 9.97 Å². The molecule has 4 heteroatoms. The minimum absolute atomic E-state index is 0.726. The molecule has 3 aromatic carbocycles. The van der Waals surface area contributed by atoms with Gasteiger partial charge in [0.15, 0.2) is 0 Å². The summed E-state index contributed by atoms with van der Waals surface area (Å²) in [5.41, 5.74) is 11.6. The van der Waals surface area contributed by atoms with E-state index in [2.05, 4.69) is 40.3 Å². The minimum Gasteiger partial charge on any atom is -0.496 e. The third kappa shape index (κ3) is 2.48. The van der Waals surface area contributed by atoms with Crippen molar-refractivity contribution in [2.45, 2.75) is 0 Å². The molecule has 118 valence electrons. The summed E-state index contributed by atoms with van der Waals surface area (Å²) >= 11 is 0. The van der Waals surface area contributed by atoms with E-state index in [-0.39, 0.29) is 0 Å².